The average molecular weight is 275 g/mol. The van der Waals surface area contributed by atoms with Gasteiger partial charge in [-0.25, -0.2) is 5.43 Å². The van der Waals surface area contributed by atoms with E-state index in [1.807, 2.05) is 18.5 Å². The summed E-state index contributed by atoms with van der Waals surface area (Å²) in [5.41, 5.74) is 7.89. The van der Waals surface area contributed by atoms with E-state index in [4.69, 9.17) is 0 Å². The summed E-state index contributed by atoms with van der Waals surface area (Å²) >= 11 is 0. The van der Waals surface area contributed by atoms with Crippen LogP contribution in [0.3, 0.4) is 0 Å². The van der Waals surface area contributed by atoms with Crippen molar-refractivity contribution in [3.63, 3.8) is 0 Å². The molecule has 0 spiro atoms. The van der Waals surface area contributed by atoms with Crippen molar-refractivity contribution in [1.29, 1.82) is 0 Å². The molecule has 20 heavy (non-hydrogen) atoms. The van der Waals surface area contributed by atoms with Crippen molar-refractivity contribution >= 4 is 0 Å². The van der Waals surface area contributed by atoms with Gasteiger partial charge < -0.3 is 10.2 Å². The van der Waals surface area contributed by atoms with Crippen LogP contribution in [-0.2, 0) is 0 Å². The molecule has 0 radical (unpaired) electrons. The van der Waals surface area contributed by atoms with Gasteiger partial charge in [-0.3, -0.25) is 10.4 Å². The number of pyridine rings is 1. The Balaban J connectivity index is 1.42. The highest BCUT2D eigenvalue weighted by atomic mass is 15.4. The van der Waals surface area contributed by atoms with Crippen LogP contribution >= 0.6 is 0 Å². The van der Waals surface area contributed by atoms with Gasteiger partial charge in [-0.2, -0.15) is 0 Å². The fourth-order valence-electron chi connectivity index (χ4n) is 2.88. The summed E-state index contributed by atoms with van der Waals surface area (Å²) in [6.45, 7) is 4.27. The second kappa shape index (κ2) is 6.63. The topological polar surface area (TPSA) is 52.2 Å². The molecule has 1 saturated carbocycles. The summed E-state index contributed by atoms with van der Waals surface area (Å²) < 4.78 is 0. The van der Waals surface area contributed by atoms with E-state index in [0.717, 1.165) is 32.2 Å². The molecule has 2 fully saturated rings. The van der Waals surface area contributed by atoms with E-state index in [1.54, 1.807) is 0 Å². The summed E-state index contributed by atoms with van der Waals surface area (Å²) in [7, 11) is 2.23. The molecular formula is C15H25N5. The lowest BCUT2D eigenvalue weighted by Gasteiger charge is -2.20. The Labute approximate surface area is 121 Å². The molecule has 0 bridgehead atoms. The van der Waals surface area contributed by atoms with E-state index in [2.05, 4.69) is 39.2 Å². The zero-order chi connectivity index (χ0) is 13.8. The minimum absolute atomic E-state index is 0.359. The molecule has 2 aliphatic rings. The average Bonchev–Trinajstić information content (AvgIpc) is 3.23. The zero-order valence-corrected chi connectivity index (χ0v) is 12.2. The van der Waals surface area contributed by atoms with E-state index in [0.29, 0.717) is 12.0 Å². The van der Waals surface area contributed by atoms with Gasteiger partial charge in [0.25, 0.3) is 0 Å². The van der Waals surface area contributed by atoms with Gasteiger partial charge >= 0.3 is 0 Å². The Morgan fingerprint density at radius 3 is 3.10 bits per heavy atom. The van der Waals surface area contributed by atoms with Gasteiger partial charge in [0.2, 0.25) is 0 Å². The molecule has 1 saturated heterocycles. The number of nitrogens with zero attached hydrogens (tertiary/aromatic N) is 2. The number of hydrogen-bond acceptors (Lipinski definition) is 5. The smallest absolute Gasteiger partial charge is 0.0530 e. The highest BCUT2D eigenvalue weighted by Crippen LogP contribution is 2.25. The molecule has 110 valence electrons. The van der Waals surface area contributed by atoms with Crippen LogP contribution in [0.2, 0.25) is 0 Å². The largest absolute Gasteiger partial charge is 0.315 e. The van der Waals surface area contributed by atoms with Gasteiger partial charge in [-0.05, 0) is 31.5 Å². The molecule has 1 aliphatic heterocycles. The van der Waals surface area contributed by atoms with Gasteiger partial charge in [0.05, 0.1) is 6.04 Å². The second-order valence-corrected chi connectivity index (χ2v) is 5.97. The first-order valence-electron chi connectivity index (χ1n) is 7.64. The van der Waals surface area contributed by atoms with Crippen molar-refractivity contribution in [3.8, 4) is 0 Å². The molecule has 2 atom stereocenters. The van der Waals surface area contributed by atoms with Crippen molar-refractivity contribution < 1.29 is 0 Å². The standard InChI is InChI=1S/C15H25N5/c1-20(14-4-5-14)8-7-17-10-13-11-18-19-15(13)12-3-2-6-16-9-12/h2-3,6,9,13-15,17-19H,4-5,7-8,10-11H2,1H3. The summed E-state index contributed by atoms with van der Waals surface area (Å²) in [6.07, 6.45) is 6.55. The Kier molecular flexibility index (Phi) is 4.62. The van der Waals surface area contributed by atoms with Crippen LogP contribution in [0.25, 0.3) is 0 Å². The molecule has 0 amide bonds. The second-order valence-electron chi connectivity index (χ2n) is 5.97. The molecule has 3 N–H and O–H groups in total. The van der Waals surface area contributed by atoms with Crippen molar-refractivity contribution in [2.45, 2.75) is 24.9 Å². The van der Waals surface area contributed by atoms with Crippen LogP contribution in [0.4, 0.5) is 0 Å². The maximum absolute atomic E-state index is 4.21. The van der Waals surface area contributed by atoms with Crippen LogP contribution in [0.1, 0.15) is 24.4 Å². The first kappa shape index (κ1) is 13.9. The highest BCUT2D eigenvalue weighted by Gasteiger charge is 2.28. The molecule has 2 unspecified atom stereocenters. The third kappa shape index (κ3) is 3.55. The molecular weight excluding hydrogens is 250 g/mol. The Bertz CT molecular complexity index is 406. The first-order chi connectivity index (χ1) is 9.84. The minimum atomic E-state index is 0.359. The summed E-state index contributed by atoms with van der Waals surface area (Å²) in [4.78, 5) is 6.68. The number of likely N-dealkylation sites (N-methyl/N-ethyl adjacent to an activating group) is 1. The summed E-state index contributed by atoms with van der Waals surface area (Å²) in [5, 5.41) is 3.60. The van der Waals surface area contributed by atoms with Crippen LogP contribution in [0.15, 0.2) is 24.5 Å². The normalized spacial score (nSPS) is 26.3. The van der Waals surface area contributed by atoms with Gasteiger partial charge in [0, 0.05) is 50.5 Å². The Morgan fingerprint density at radius 1 is 1.45 bits per heavy atom. The van der Waals surface area contributed by atoms with E-state index >= 15 is 0 Å². The molecule has 5 heteroatoms. The number of hydrogen-bond donors (Lipinski definition) is 3. The summed E-state index contributed by atoms with van der Waals surface area (Å²) in [5.74, 6) is 0.574. The monoisotopic (exact) mass is 275 g/mol. The first-order valence-corrected chi connectivity index (χ1v) is 7.64. The van der Waals surface area contributed by atoms with E-state index in [9.17, 15) is 0 Å². The predicted molar refractivity (Wildman–Crippen MR) is 80.1 cm³/mol. The number of nitrogens with one attached hydrogen (secondary N) is 3. The molecule has 3 rings (SSSR count). The van der Waals surface area contributed by atoms with Gasteiger partial charge in [-0.1, -0.05) is 6.07 Å². The van der Waals surface area contributed by atoms with Crippen molar-refractivity contribution in [1.82, 2.24) is 26.1 Å². The highest BCUT2D eigenvalue weighted by molar-refractivity contribution is 5.16. The fraction of sp³-hybridized carbons (Fsp3) is 0.667. The number of rotatable bonds is 7. The van der Waals surface area contributed by atoms with E-state index in [1.165, 1.54) is 18.4 Å². The van der Waals surface area contributed by atoms with Crippen LogP contribution < -0.4 is 16.2 Å². The van der Waals surface area contributed by atoms with Crippen molar-refractivity contribution in [3.05, 3.63) is 30.1 Å². The quantitative estimate of drug-likeness (QED) is 0.634. The predicted octanol–water partition coefficient (Wildman–Crippen LogP) is 0.531. The Hall–Kier alpha value is -1.01. The summed E-state index contributed by atoms with van der Waals surface area (Å²) in [6, 6.07) is 5.36. The number of hydrazine groups is 1. The molecule has 1 aliphatic carbocycles. The lowest BCUT2D eigenvalue weighted by atomic mass is 9.96. The van der Waals surface area contributed by atoms with E-state index < -0.39 is 0 Å². The molecule has 1 aromatic heterocycles. The van der Waals surface area contributed by atoms with Gasteiger partial charge in [-0.15, -0.1) is 0 Å². The molecule has 1 aromatic rings. The van der Waals surface area contributed by atoms with Crippen LogP contribution in [-0.4, -0.2) is 49.2 Å². The third-order valence-corrected chi connectivity index (χ3v) is 4.35. The SMILES string of the molecule is CN(CCNCC1CNNC1c1cccnc1)C1CC1. The Morgan fingerprint density at radius 2 is 2.35 bits per heavy atom. The lowest BCUT2D eigenvalue weighted by molar-refractivity contribution is 0.316. The lowest BCUT2D eigenvalue weighted by Crippen LogP contribution is -2.34. The number of aromatic nitrogens is 1. The maximum atomic E-state index is 4.21. The fourth-order valence-corrected chi connectivity index (χ4v) is 2.88. The van der Waals surface area contributed by atoms with E-state index in [-0.39, 0.29) is 0 Å². The van der Waals surface area contributed by atoms with Crippen molar-refractivity contribution in [2.24, 2.45) is 5.92 Å². The molecule has 2 heterocycles. The van der Waals surface area contributed by atoms with Gasteiger partial charge in [0.15, 0.2) is 0 Å². The minimum Gasteiger partial charge on any atom is -0.315 e. The van der Waals surface area contributed by atoms with Crippen LogP contribution in [0.5, 0.6) is 0 Å². The van der Waals surface area contributed by atoms with Crippen LogP contribution in [0, 0.1) is 5.92 Å². The zero-order valence-electron chi connectivity index (χ0n) is 12.2. The van der Waals surface area contributed by atoms with Crippen molar-refractivity contribution in [2.75, 3.05) is 33.2 Å². The molecule has 5 nitrogen and oxygen atoms in total. The molecule has 0 aromatic carbocycles. The van der Waals surface area contributed by atoms with Gasteiger partial charge in [0.1, 0.15) is 0 Å². The maximum Gasteiger partial charge on any atom is 0.0530 e. The third-order valence-electron chi connectivity index (χ3n) is 4.35.